The second-order valence-corrected chi connectivity index (χ2v) is 8.98. The Labute approximate surface area is 162 Å². The Morgan fingerprint density at radius 3 is 2.27 bits per heavy atom. The number of benzene rings is 1. The summed E-state index contributed by atoms with van der Waals surface area (Å²) in [5.41, 5.74) is 1.98. The van der Waals surface area contributed by atoms with Crippen molar-refractivity contribution < 1.29 is 0 Å². The Bertz CT molecular complexity index is 691. The van der Waals surface area contributed by atoms with Gasteiger partial charge in [-0.2, -0.15) is 0 Å². The molecule has 1 aromatic carbocycles. The van der Waals surface area contributed by atoms with Crippen molar-refractivity contribution in [2.24, 2.45) is 0 Å². The van der Waals surface area contributed by atoms with Crippen LogP contribution in [0.15, 0.2) is 17.9 Å². The average Bonchev–Trinajstić information content (AvgIpc) is 2.76. The molecule has 0 aliphatic carbocycles. The molecule has 5 rings (SSSR count). The number of anilines is 1. The summed E-state index contributed by atoms with van der Waals surface area (Å²) in [6, 6.07) is 0.601. The van der Waals surface area contributed by atoms with E-state index in [2.05, 4.69) is 78.5 Å². The number of nitrogens with one attached hydrogen (secondary N) is 1. The maximum absolute atomic E-state index is 4.88. The van der Waals surface area contributed by atoms with Crippen LogP contribution in [0, 0.1) is 0 Å². The van der Waals surface area contributed by atoms with Crippen molar-refractivity contribution in [2.75, 3.05) is 31.1 Å². The molecular weight excluding hydrogens is 544 g/mol. The Hall–Kier alpha value is 0.370. The molecule has 1 aromatic heterocycles. The van der Waals surface area contributed by atoms with Gasteiger partial charge in [-0.15, -0.1) is 0 Å². The van der Waals surface area contributed by atoms with Crippen LogP contribution in [0.1, 0.15) is 12.8 Å². The summed E-state index contributed by atoms with van der Waals surface area (Å²) in [7, 11) is 0. The molecule has 0 radical (unpaired) electrons. The van der Waals surface area contributed by atoms with E-state index in [1.807, 2.05) is 0 Å². The highest BCUT2D eigenvalue weighted by Crippen LogP contribution is 2.43. The molecule has 2 bridgehead atoms. The first kappa shape index (κ1) is 15.9. The Morgan fingerprint density at radius 1 is 0.864 bits per heavy atom. The third-order valence-corrected chi connectivity index (χ3v) is 9.37. The predicted octanol–water partition coefficient (Wildman–Crippen LogP) is 4.90. The highest BCUT2D eigenvalue weighted by atomic mass is 79.9. The van der Waals surface area contributed by atoms with Gasteiger partial charge in [0.05, 0.1) is 14.5 Å². The molecule has 3 saturated heterocycles. The monoisotopic (exact) mass is 554 g/mol. The molecule has 1 N–H and O–H groups in total. The van der Waals surface area contributed by atoms with Crippen molar-refractivity contribution in [3.8, 4) is 0 Å². The quantitative estimate of drug-likeness (QED) is 0.400. The number of rotatable bonds is 1. The molecule has 3 aliphatic heterocycles. The minimum absolute atomic E-state index is 0.601. The van der Waals surface area contributed by atoms with E-state index >= 15 is 0 Å². The number of piperidine rings is 1. The van der Waals surface area contributed by atoms with Gasteiger partial charge in [-0.05, 0) is 76.6 Å². The molecule has 8 heteroatoms. The number of nitrogens with zero attached hydrogens (tertiary/aromatic N) is 3. The summed E-state index contributed by atoms with van der Waals surface area (Å²) in [5, 5.41) is 0. The molecule has 22 heavy (non-hydrogen) atoms. The van der Waals surface area contributed by atoms with Crippen LogP contribution in [-0.2, 0) is 0 Å². The SMILES string of the molecule is Brc1c(Br)c(Br)c2[nH]c(N3CCN4CCC3CC4)nc2c1Br. The molecular formula is C14H14Br4N4. The van der Waals surface area contributed by atoms with Gasteiger partial charge in [0.2, 0.25) is 5.95 Å². The van der Waals surface area contributed by atoms with Gasteiger partial charge in [-0.25, -0.2) is 4.98 Å². The zero-order valence-electron chi connectivity index (χ0n) is 11.7. The molecule has 0 spiro atoms. The van der Waals surface area contributed by atoms with Gasteiger partial charge in [-0.1, -0.05) is 0 Å². The topological polar surface area (TPSA) is 35.2 Å². The second kappa shape index (κ2) is 6.02. The van der Waals surface area contributed by atoms with Crippen LogP contribution in [0.2, 0.25) is 0 Å². The van der Waals surface area contributed by atoms with E-state index in [0.717, 1.165) is 48.0 Å². The Kier molecular flexibility index (Phi) is 4.35. The molecule has 4 nitrogen and oxygen atoms in total. The van der Waals surface area contributed by atoms with Crippen molar-refractivity contribution >= 4 is 80.7 Å². The Morgan fingerprint density at radius 2 is 1.55 bits per heavy atom. The minimum Gasteiger partial charge on any atom is -0.338 e. The van der Waals surface area contributed by atoms with E-state index in [0.29, 0.717) is 6.04 Å². The van der Waals surface area contributed by atoms with Gasteiger partial charge >= 0.3 is 0 Å². The summed E-state index contributed by atoms with van der Waals surface area (Å²) in [5.74, 6) is 0.982. The van der Waals surface area contributed by atoms with Crippen LogP contribution in [0.5, 0.6) is 0 Å². The highest BCUT2D eigenvalue weighted by Gasteiger charge is 2.31. The minimum atomic E-state index is 0.601. The van der Waals surface area contributed by atoms with E-state index < -0.39 is 0 Å². The molecule has 2 aromatic rings. The number of H-pyrrole nitrogens is 1. The standard InChI is InChI=1S/C14H14Br4N4/c15-8-9(16)11(18)13-12(10(8)17)19-14(20-13)22-6-5-21-3-1-7(22)2-4-21/h7H,1-6H2,(H,19,20). The van der Waals surface area contributed by atoms with Gasteiger partial charge in [0.15, 0.2) is 0 Å². The van der Waals surface area contributed by atoms with Crippen molar-refractivity contribution in [1.82, 2.24) is 14.9 Å². The zero-order chi connectivity index (χ0) is 15.4. The largest absolute Gasteiger partial charge is 0.338 e. The van der Waals surface area contributed by atoms with Crippen LogP contribution >= 0.6 is 63.7 Å². The van der Waals surface area contributed by atoms with Crippen molar-refractivity contribution in [1.29, 1.82) is 0 Å². The summed E-state index contributed by atoms with van der Waals surface area (Å²) in [4.78, 5) is 13.4. The summed E-state index contributed by atoms with van der Waals surface area (Å²) < 4.78 is 3.94. The number of fused-ring (bicyclic) bond motifs is 5. The molecule has 3 aliphatic rings. The van der Waals surface area contributed by atoms with Gasteiger partial charge in [0, 0.05) is 41.2 Å². The fraction of sp³-hybridized carbons (Fsp3) is 0.500. The fourth-order valence-corrected chi connectivity index (χ4v) is 5.67. The third-order valence-electron chi connectivity index (χ3n) is 4.62. The maximum Gasteiger partial charge on any atom is 0.204 e. The van der Waals surface area contributed by atoms with Crippen LogP contribution in [0.25, 0.3) is 11.0 Å². The number of aromatic amines is 1. The normalized spacial score (nSPS) is 25.0. The van der Waals surface area contributed by atoms with E-state index in [1.165, 1.54) is 25.9 Å². The average molecular weight is 558 g/mol. The lowest BCUT2D eigenvalue weighted by Crippen LogP contribution is -2.38. The maximum atomic E-state index is 4.88. The number of halogens is 4. The molecule has 3 fully saturated rings. The van der Waals surface area contributed by atoms with Crippen LogP contribution in [0.4, 0.5) is 5.95 Å². The summed E-state index contributed by atoms with van der Waals surface area (Å²) in [6.07, 6.45) is 2.46. The van der Waals surface area contributed by atoms with E-state index in [1.54, 1.807) is 0 Å². The van der Waals surface area contributed by atoms with E-state index in [9.17, 15) is 0 Å². The van der Waals surface area contributed by atoms with Gasteiger partial charge in [0.1, 0.15) is 5.52 Å². The van der Waals surface area contributed by atoms with Gasteiger partial charge in [0.25, 0.3) is 0 Å². The summed E-state index contributed by atoms with van der Waals surface area (Å²) in [6.45, 7) is 4.60. The lowest BCUT2D eigenvalue weighted by Gasteiger charge is -2.31. The van der Waals surface area contributed by atoms with Gasteiger partial charge < -0.3 is 14.8 Å². The smallest absolute Gasteiger partial charge is 0.204 e. The molecule has 118 valence electrons. The van der Waals surface area contributed by atoms with Crippen LogP contribution in [0.3, 0.4) is 0 Å². The first-order chi connectivity index (χ1) is 10.6. The summed E-state index contributed by atoms with van der Waals surface area (Å²) >= 11 is 14.5. The molecule has 4 heterocycles. The van der Waals surface area contributed by atoms with Crippen LogP contribution < -0.4 is 4.90 Å². The third kappa shape index (κ3) is 2.49. The number of hydrogen-bond donors (Lipinski definition) is 1. The van der Waals surface area contributed by atoms with Crippen molar-refractivity contribution in [3.05, 3.63) is 17.9 Å². The lowest BCUT2D eigenvalue weighted by atomic mass is 10.1. The van der Waals surface area contributed by atoms with E-state index in [4.69, 9.17) is 4.98 Å². The number of aromatic nitrogens is 2. The molecule has 0 unspecified atom stereocenters. The lowest BCUT2D eigenvalue weighted by molar-refractivity contribution is 0.250. The predicted molar refractivity (Wildman–Crippen MR) is 104 cm³/mol. The van der Waals surface area contributed by atoms with Gasteiger partial charge in [-0.3, -0.25) is 0 Å². The Balaban J connectivity index is 1.83. The second-order valence-electron chi connectivity index (χ2n) is 5.81. The van der Waals surface area contributed by atoms with Crippen molar-refractivity contribution in [3.63, 3.8) is 0 Å². The van der Waals surface area contributed by atoms with Crippen LogP contribution in [-0.4, -0.2) is 47.1 Å². The zero-order valence-corrected chi connectivity index (χ0v) is 18.0. The van der Waals surface area contributed by atoms with Crippen molar-refractivity contribution in [2.45, 2.75) is 18.9 Å². The first-order valence-corrected chi connectivity index (χ1v) is 10.4. The number of hydrogen-bond acceptors (Lipinski definition) is 3. The molecule has 0 saturated carbocycles. The molecule has 0 atom stereocenters. The fourth-order valence-electron chi connectivity index (χ4n) is 3.39. The highest BCUT2D eigenvalue weighted by molar-refractivity contribution is 9.15. The van der Waals surface area contributed by atoms with E-state index in [-0.39, 0.29) is 0 Å². The molecule has 0 amide bonds. The number of imidazole rings is 1. The first-order valence-electron chi connectivity index (χ1n) is 7.27.